The molecule has 0 aliphatic rings. The number of hydrogen-bond donors (Lipinski definition) is 2. The third kappa shape index (κ3) is 5.85. The summed E-state index contributed by atoms with van der Waals surface area (Å²) < 4.78 is 10.0. The van der Waals surface area contributed by atoms with Gasteiger partial charge in [0.05, 0.1) is 18.8 Å². The summed E-state index contributed by atoms with van der Waals surface area (Å²) in [5.41, 5.74) is 0.929. The lowest BCUT2D eigenvalue weighted by molar-refractivity contribution is 0.199. The predicted octanol–water partition coefficient (Wildman–Crippen LogP) is 0.699. The summed E-state index contributed by atoms with van der Waals surface area (Å²) in [6.07, 6.45) is 1.09. The maximum Gasteiger partial charge on any atom is 0.150 e. The number of nitrogens with zero attached hydrogens (tertiary/aromatic N) is 1. The van der Waals surface area contributed by atoms with Gasteiger partial charge in [0.2, 0.25) is 0 Å². The first kappa shape index (κ1) is 13.2. The monoisotopic (exact) mass is 227 g/mol. The van der Waals surface area contributed by atoms with Crippen LogP contribution in [0.4, 0.5) is 0 Å². The molecule has 0 aliphatic heterocycles. The molecule has 1 rings (SSSR count). The van der Waals surface area contributed by atoms with Crippen LogP contribution in [0.2, 0.25) is 0 Å². The Hall–Kier alpha value is -0.910. The second kappa shape index (κ2) is 8.27. The van der Waals surface area contributed by atoms with Crippen LogP contribution < -0.4 is 10.6 Å². The lowest BCUT2D eigenvalue weighted by Crippen LogP contribution is -2.24. The summed E-state index contributed by atoms with van der Waals surface area (Å²) in [4.78, 5) is 0. The molecule has 16 heavy (non-hydrogen) atoms. The van der Waals surface area contributed by atoms with Crippen LogP contribution in [-0.4, -0.2) is 38.5 Å². The van der Waals surface area contributed by atoms with Crippen molar-refractivity contribution in [3.8, 4) is 0 Å². The molecule has 92 valence electrons. The predicted molar refractivity (Wildman–Crippen MR) is 62.3 cm³/mol. The highest BCUT2D eigenvalue weighted by atomic mass is 16.5. The Labute approximate surface area is 96.5 Å². The largest absolute Gasteiger partial charge is 0.383 e. The van der Waals surface area contributed by atoms with Crippen molar-refractivity contribution in [2.45, 2.75) is 19.9 Å². The highest BCUT2D eigenvalue weighted by Gasteiger charge is 1.98. The van der Waals surface area contributed by atoms with Crippen molar-refractivity contribution in [1.82, 2.24) is 15.8 Å². The lowest BCUT2D eigenvalue weighted by atomic mass is 10.3. The van der Waals surface area contributed by atoms with Gasteiger partial charge >= 0.3 is 0 Å². The van der Waals surface area contributed by atoms with E-state index < -0.39 is 0 Å². The zero-order chi connectivity index (χ0) is 11.6. The van der Waals surface area contributed by atoms with Gasteiger partial charge in [-0.15, -0.1) is 0 Å². The molecule has 0 unspecified atom stereocenters. The first-order valence-electron chi connectivity index (χ1n) is 5.65. The summed E-state index contributed by atoms with van der Waals surface area (Å²) >= 11 is 0. The van der Waals surface area contributed by atoms with Gasteiger partial charge in [-0.1, -0.05) is 5.16 Å². The first-order valence-corrected chi connectivity index (χ1v) is 5.65. The second-order valence-corrected chi connectivity index (χ2v) is 3.71. The third-order valence-electron chi connectivity index (χ3n) is 2.17. The van der Waals surface area contributed by atoms with Crippen LogP contribution in [0.3, 0.4) is 0 Å². The molecular weight excluding hydrogens is 206 g/mol. The van der Waals surface area contributed by atoms with Crippen LogP contribution in [-0.2, 0) is 11.3 Å². The normalized spacial score (nSPS) is 10.9. The van der Waals surface area contributed by atoms with Crippen LogP contribution >= 0.6 is 0 Å². The minimum Gasteiger partial charge on any atom is -0.383 e. The molecule has 0 spiro atoms. The minimum absolute atomic E-state index is 0.749. The van der Waals surface area contributed by atoms with Gasteiger partial charge in [0, 0.05) is 19.7 Å². The van der Waals surface area contributed by atoms with Crippen LogP contribution in [0.1, 0.15) is 17.9 Å². The van der Waals surface area contributed by atoms with Gasteiger partial charge in [-0.05, 0) is 26.4 Å². The van der Waals surface area contributed by atoms with Crippen molar-refractivity contribution >= 4 is 0 Å². The van der Waals surface area contributed by atoms with Crippen LogP contribution in [0.25, 0.3) is 0 Å². The van der Waals surface area contributed by atoms with E-state index in [1.807, 2.05) is 13.0 Å². The molecule has 0 aliphatic carbocycles. The van der Waals surface area contributed by atoms with E-state index in [1.165, 1.54) is 0 Å². The van der Waals surface area contributed by atoms with E-state index >= 15 is 0 Å². The van der Waals surface area contributed by atoms with Crippen molar-refractivity contribution in [2.75, 3.05) is 33.4 Å². The highest BCUT2D eigenvalue weighted by molar-refractivity contribution is 5.02. The molecule has 2 N–H and O–H groups in total. The fraction of sp³-hybridized carbons (Fsp3) is 0.727. The summed E-state index contributed by atoms with van der Waals surface area (Å²) in [5.74, 6) is 0.893. The standard InChI is InChI=1S/C11H21N3O2/c1-10-8-11(16-14-10)9-13-5-3-4-12-6-7-15-2/h8,12-13H,3-7,9H2,1-2H3. The summed E-state index contributed by atoms with van der Waals surface area (Å²) in [5, 5.41) is 10.4. The Kier molecular flexibility index (Phi) is 6.80. The molecule has 0 saturated heterocycles. The molecule has 0 bridgehead atoms. The van der Waals surface area contributed by atoms with Gasteiger partial charge in [0.25, 0.3) is 0 Å². The Balaban J connectivity index is 1.88. The summed E-state index contributed by atoms with van der Waals surface area (Å²) in [6.45, 7) is 6.33. The van der Waals surface area contributed by atoms with Crippen LogP contribution in [0.15, 0.2) is 10.6 Å². The van der Waals surface area contributed by atoms with Crippen molar-refractivity contribution in [3.63, 3.8) is 0 Å². The number of nitrogens with one attached hydrogen (secondary N) is 2. The van der Waals surface area contributed by atoms with E-state index in [4.69, 9.17) is 9.26 Å². The topological polar surface area (TPSA) is 59.3 Å². The number of aryl methyl sites for hydroxylation is 1. The van der Waals surface area contributed by atoms with Crippen molar-refractivity contribution < 1.29 is 9.26 Å². The van der Waals surface area contributed by atoms with E-state index in [0.717, 1.165) is 50.7 Å². The number of hydrogen-bond acceptors (Lipinski definition) is 5. The van der Waals surface area contributed by atoms with Crippen molar-refractivity contribution in [3.05, 3.63) is 17.5 Å². The molecule has 1 aromatic heterocycles. The quantitative estimate of drug-likeness (QED) is 0.608. The van der Waals surface area contributed by atoms with Gasteiger partial charge in [0.15, 0.2) is 5.76 Å². The van der Waals surface area contributed by atoms with E-state index in [1.54, 1.807) is 7.11 Å². The van der Waals surface area contributed by atoms with E-state index in [-0.39, 0.29) is 0 Å². The Morgan fingerprint density at radius 1 is 1.31 bits per heavy atom. The van der Waals surface area contributed by atoms with Crippen LogP contribution in [0, 0.1) is 6.92 Å². The number of rotatable bonds is 9. The summed E-state index contributed by atoms with van der Waals surface area (Å²) in [6, 6.07) is 1.95. The van der Waals surface area contributed by atoms with Gasteiger partial charge in [-0.2, -0.15) is 0 Å². The highest BCUT2D eigenvalue weighted by Crippen LogP contribution is 2.00. The Morgan fingerprint density at radius 2 is 2.12 bits per heavy atom. The molecule has 0 radical (unpaired) electrons. The number of ether oxygens (including phenoxy) is 1. The lowest BCUT2D eigenvalue weighted by Gasteiger charge is -2.04. The minimum atomic E-state index is 0.749. The molecule has 1 aromatic rings. The molecule has 0 atom stereocenters. The maximum absolute atomic E-state index is 5.08. The molecule has 5 heteroatoms. The molecular formula is C11H21N3O2. The van der Waals surface area contributed by atoms with E-state index in [9.17, 15) is 0 Å². The van der Waals surface area contributed by atoms with Crippen molar-refractivity contribution in [1.29, 1.82) is 0 Å². The first-order chi connectivity index (χ1) is 7.83. The van der Waals surface area contributed by atoms with E-state index in [2.05, 4.69) is 15.8 Å². The molecule has 0 fully saturated rings. The zero-order valence-electron chi connectivity index (χ0n) is 10.1. The molecule has 0 aromatic carbocycles. The fourth-order valence-electron chi connectivity index (χ4n) is 1.35. The average molecular weight is 227 g/mol. The summed E-state index contributed by atoms with van der Waals surface area (Å²) in [7, 11) is 1.71. The molecule has 0 saturated carbocycles. The van der Waals surface area contributed by atoms with Gasteiger partial charge in [-0.25, -0.2) is 0 Å². The fourth-order valence-corrected chi connectivity index (χ4v) is 1.35. The molecule has 1 heterocycles. The Morgan fingerprint density at radius 3 is 2.81 bits per heavy atom. The maximum atomic E-state index is 5.08. The average Bonchev–Trinajstić information content (AvgIpc) is 2.68. The van der Waals surface area contributed by atoms with Gasteiger partial charge < -0.3 is 19.9 Å². The third-order valence-corrected chi connectivity index (χ3v) is 2.17. The van der Waals surface area contributed by atoms with Crippen LogP contribution in [0.5, 0.6) is 0 Å². The molecule has 5 nitrogen and oxygen atoms in total. The SMILES string of the molecule is COCCNCCCNCc1cc(C)no1. The van der Waals surface area contributed by atoms with Gasteiger partial charge in [-0.3, -0.25) is 0 Å². The number of aromatic nitrogens is 1. The van der Waals surface area contributed by atoms with Crippen molar-refractivity contribution in [2.24, 2.45) is 0 Å². The zero-order valence-corrected chi connectivity index (χ0v) is 10.1. The van der Waals surface area contributed by atoms with E-state index in [0.29, 0.717) is 0 Å². The second-order valence-electron chi connectivity index (χ2n) is 3.71. The number of methoxy groups -OCH3 is 1. The van der Waals surface area contributed by atoms with Gasteiger partial charge in [0.1, 0.15) is 0 Å². The molecule has 0 amide bonds. The smallest absolute Gasteiger partial charge is 0.150 e. The Bertz CT molecular complexity index is 276.